The van der Waals surface area contributed by atoms with Gasteiger partial charge in [0.2, 0.25) is 0 Å². The first-order chi connectivity index (χ1) is 13.2. The van der Waals surface area contributed by atoms with E-state index in [4.69, 9.17) is 9.47 Å². The monoisotopic (exact) mass is 363 g/mol. The smallest absolute Gasteiger partial charge is 0.255 e. The summed E-state index contributed by atoms with van der Waals surface area (Å²) in [5.74, 6) is 0.717. The zero-order valence-electron chi connectivity index (χ0n) is 14.5. The van der Waals surface area contributed by atoms with E-state index in [-0.39, 0.29) is 5.91 Å². The average Bonchev–Trinajstić information content (AvgIpc) is 3.43. The van der Waals surface area contributed by atoms with Gasteiger partial charge in [0.25, 0.3) is 11.7 Å². The third-order valence-electron chi connectivity index (χ3n) is 4.90. The van der Waals surface area contributed by atoms with Gasteiger partial charge in [0.1, 0.15) is 6.33 Å². The quantitative estimate of drug-likeness (QED) is 0.769. The fourth-order valence-corrected chi connectivity index (χ4v) is 3.54. The number of hydrogen-bond donors (Lipinski definition) is 1. The molecule has 5 rings (SSSR count). The lowest BCUT2D eigenvalue weighted by Crippen LogP contribution is -2.34. The van der Waals surface area contributed by atoms with E-state index in [2.05, 4.69) is 20.8 Å². The number of nitrogens with zero attached hydrogens (tertiary/aromatic N) is 4. The number of aromatic nitrogens is 4. The molecule has 1 aromatic heterocycles. The number of amides is 1. The van der Waals surface area contributed by atoms with E-state index < -0.39 is 5.79 Å². The van der Waals surface area contributed by atoms with Crippen LogP contribution in [-0.2, 0) is 0 Å². The summed E-state index contributed by atoms with van der Waals surface area (Å²) < 4.78 is 13.6. The topological polar surface area (TPSA) is 91.2 Å². The molecule has 8 heteroatoms. The van der Waals surface area contributed by atoms with Gasteiger partial charge < -0.3 is 14.8 Å². The number of fused-ring (bicyclic) bond motifs is 1. The normalized spacial score (nSPS) is 16.6. The van der Waals surface area contributed by atoms with Crippen molar-refractivity contribution in [1.29, 1.82) is 0 Å². The Morgan fingerprint density at radius 1 is 1.04 bits per heavy atom. The largest absolute Gasteiger partial charge is 0.448 e. The predicted octanol–water partition coefficient (Wildman–Crippen LogP) is 2.96. The Kier molecular flexibility index (Phi) is 3.56. The molecule has 1 amide bonds. The van der Waals surface area contributed by atoms with Gasteiger partial charge in [-0.3, -0.25) is 4.79 Å². The van der Waals surface area contributed by atoms with E-state index in [1.807, 2.05) is 18.2 Å². The van der Waals surface area contributed by atoms with Crippen molar-refractivity contribution in [3.8, 4) is 17.2 Å². The summed E-state index contributed by atoms with van der Waals surface area (Å²) in [4.78, 5) is 12.5. The maximum absolute atomic E-state index is 12.5. The van der Waals surface area contributed by atoms with Crippen LogP contribution in [0.3, 0.4) is 0 Å². The Morgan fingerprint density at radius 2 is 1.81 bits per heavy atom. The standard InChI is InChI=1S/C19H17N5O3/c25-18(13-3-6-15(7-4-13)24-12-20-22-23-24)21-14-5-8-16-17(11-14)27-19(26-16)9-1-2-10-19/h3-8,11-12H,1-2,9-10H2,(H,21,25). The van der Waals surface area contributed by atoms with Crippen molar-refractivity contribution in [3.63, 3.8) is 0 Å². The van der Waals surface area contributed by atoms with Gasteiger partial charge in [0.05, 0.1) is 5.69 Å². The van der Waals surface area contributed by atoms with Crippen molar-refractivity contribution in [2.75, 3.05) is 5.32 Å². The molecule has 2 aliphatic rings. The summed E-state index contributed by atoms with van der Waals surface area (Å²) in [5.41, 5.74) is 1.99. The summed E-state index contributed by atoms with van der Waals surface area (Å²) in [7, 11) is 0. The number of nitrogens with one attached hydrogen (secondary N) is 1. The molecule has 0 atom stereocenters. The SMILES string of the molecule is O=C(Nc1ccc2c(c1)OC1(CCCC1)O2)c1ccc(-n2cnnn2)cc1. The van der Waals surface area contributed by atoms with Crippen LogP contribution in [0.4, 0.5) is 5.69 Å². The molecule has 1 spiro atoms. The van der Waals surface area contributed by atoms with Crippen LogP contribution in [0.25, 0.3) is 5.69 Å². The zero-order chi connectivity index (χ0) is 18.3. The van der Waals surface area contributed by atoms with Crippen LogP contribution in [-0.4, -0.2) is 31.9 Å². The van der Waals surface area contributed by atoms with Gasteiger partial charge in [-0.05, 0) is 59.7 Å². The number of anilines is 1. The number of ether oxygens (including phenoxy) is 2. The van der Waals surface area contributed by atoms with Crippen LogP contribution in [0.2, 0.25) is 0 Å². The second-order valence-corrected chi connectivity index (χ2v) is 6.74. The Morgan fingerprint density at radius 3 is 2.56 bits per heavy atom. The predicted molar refractivity (Wildman–Crippen MR) is 96.0 cm³/mol. The second kappa shape index (κ2) is 6.08. The van der Waals surface area contributed by atoms with Gasteiger partial charge in [0.15, 0.2) is 11.5 Å². The Balaban J connectivity index is 1.30. The maximum Gasteiger partial charge on any atom is 0.255 e. The third kappa shape index (κ3) is 2.88. The average molecular weight is 363 g/mol. The highest BCUT2D eigenvalue weighted by Gasteiger charge is 2.44. The minimum atomic E-state index is -0.503. The number of rotatable bonds is 3. The van der Waals surface area contributed by atoms with Crippen LogP contribution < -0.4 is 14.8 Å². The van der Waals surface area contributed by atoms with Crippen LogP contribution in [0, 0.1) is 0 Å². The molecule has 1 aliphatic heterocycles. The highest BCUT2D eigenvalue weighted by Crippen LogP contribution is 2.47. The Hall–Kier alpha value is -3.42. The summed E-state index contributed by atoms with van der Waals surface area (Å²) in [5, 5.41) is 13.9. The molecule has 1 fully saturated rings. The van der Waals surface area contributed by atoms with Gasteiger partial charge in [0, 0.05) is 30.2 Å². The van der Waals surface area contributed by atoms with Crippen LogP contribution in [0.5, 0.6) is 11.5 Å². The van der Waals surface area contributed by atoms with Crippen molar-refractivity contribution in [3.05, 3.63) is 54.4 Å². The number of hydrogen-bond acceptors (Lipinski definition) is 6. The molecule has 2 heterocycles. The fourth-order valence-electron chi connectivity index (χ4n) is 3.54. The molecule has 3 aromatic rings. The summed E-state index contributed by atoms with van der Waals surface area (Å²) in [6.07, 6.45) is 5.52. The van der Waals surface area contributed by atoms with Crippen molar-refractivity contribution in [1.82, 2.24) is 20.2 Å². The molecule has 0 saturated heterocycles. The minimum Gasteiger partial charge on any atom is -0.448 e. The highest BCUT2D eigenvalue weighted by molar-refractivity contribution is 6.04. The highest BCUT2D eigenvalue weighted by atomic mass is 16.7. The first kappa shape index (κ1) is 15.8. The van der Waals surface area contributed by atoms with E-state index in [9.17, 15) is 4.79 Å². The van der Waals surface area contributed by atoms with Crippen LogP contribution in [0.15, 0.2) is 48.8 Å². The lowest BCUT2D eigenvalue weighted by atomic mass is 10.2. The molecule has 27 heavy (non-hydrogen) atoms. The van der Waals surface area contributed by atoms with Gasteiger partial charge in [-0.15, -0.1) is 5.10 Å². The van der Waals surface area contributed by atoms with E-state index >= 15 is 0 Å². The van der Waals surface area contributed by atoms with Gasteiger partial charge in [-0.25, -0.2) is 4.68 Å². The van der Waals surface area contributed by atoms with E-state index in [1.165, 1.54) is 11.0 Å². The molecule has 1 saturated carbocycles. The van der Waals surface area contributed by atoms with E-state index in [0.29, 0.717) is 17.0 Å². The molecule has 1 N–H and O–H groups in total. The van der Waals surface area contributed by atoms with Crippen molar-refractivity contribution in [2.24, 2.45) is 0 Å². The molecule has 136 valence electrons. The van der Waals surface area contributed by atoms with E-state index in [1.54, 1.807) is 24.3 Å². The Labute approximate surface area is 155 Å². The first-order valence-corrected chi connectivity index (χ1v) is 8.88. The number of carbonyl (C=O) groups is 1. The van der Waals surface area contributed by atoms with E-state index in [0.717, 1.165) is 37.1 Å². The number of tetrazole rings is 1. The molecule has 0 unspecified atom stereocenters. The van der Waals surface area contributed by atoms with Crippen LogP contribution >= 0.6 is 0 Å². The molecule has 1 aliphatic carbocycles. The lowest BCUT2D eigenvalue weighted by Gasteiger charge is -2.21. The molecule has 0 bridgehead atoms. The van der Waals surface area contributed by atoms with Crippen LogP contribution in [0.1, 0.15) is 36.0 Å². The molecule has 2 aromatic carbocycles. The molecular weight excluding hydrogens is 346 g/mol. The van der Waals surface area contributed by atoms with Gasteiger partial charge in [-0.1, -0.05) is 0 Å². The van der Waals surface area contributed by atoms with Gasteiger partial charge in [-0.2, -0.15) is 0 Å². The number of carbonyl (C=O) groups excluding carboxylic acids is 1. The van der Waals surface area contributed by atoms with Crippen molar-refractivity contribution >= 4 is 11.6 Å². The summed E-state index contributed by atoms with van der Waals surface area (Å²) in [6, 6.07) is 12.5. The van der Waals surface area contributed by atoms with Crippen molar-refractivity contribution in [2.45, 2.75) is 31.5 Å². The minimum absolute atomic E-state index is 0.201. The molecule has 0 radical (unpaired) electrons. The zero-order valence-corrected chi connectivity index (χ0v) is 14.5. The molecular formula is C19H17N5O3. The third-order valence-corrected chi connectivity index (χ3v) is 4.90. The van der Waals surface area contributed by atoms with Gasteiger partial charge >= 0.3 is 0 Å². The first-order valence-electron chi connectivity index (χ1n) is 8.88. The second-order valence-electron chi connectivity index (χ2n) is 6.74. The Bertz CT molecular complexity index is 979. The van der Waals surface area contributed by atoms with Crippen molar-refractivity contribution < 1.29 is 14.3 Å². The fraction of sp³-hybridized carbons (Fsp3) is 0.263. The molecule has 8 nitrogen and oxygen atoms in total. The summed E-state index contributed by atoms with van der Waals surface area (Å²) in [6.45, 7) is 0. The lowest BCUT2D eigenvalue weighted by molar-refractivity contribution is -0.0716. The summed E-state index contributed by atoms with van der Waals surface area (Å²) >= 11 is 0. The number of benzene rings is 2. The maximum atomic E-state index is 12.5.